The van der Waals surface area contributed by atoms with Gasteiger partial charge in [0.25, 0.3) is 5.91 Å². The lowest BCUT2D eigenvalue weighted by atomic mass is 9.91. The number of amides is 1. The number of benzene rings is 1. The lowest BCUT2D eigenvalue weighted by Gasteiger charge is -2.38. The Balaban J connectivity index is 1.90. The number of nitrogens with one attached hydrogen (secondary N) is 1. The maximum atomic E-state index is 12.6. The average Bonchev–Trinajstić information content (AvgIpc) is 2.88. The molecule has 4 heteroatoms. The van der Waals surface area contributed by atoms with E-state index < -0.39 is 0 Å². The zero-order valence-corrected chi connectivity index (χ0v) is 11.4. The van der Waals surface area contributed by atoms with Crippen LogP contribution in [0, 0.1) is 5.92 Å². The Morgan fingerprint density at radius 3 is 3.11 bits per heavy atom. The lowest BCUT2D eigenvalue weighted by molar-refractivity contribution is 0.0551. The molecule has 2 aromatic rings. The maximum absolute atomic E-state index is 12.6. The van der Waals surface area contributed by atoms with Gasteiger partial charge in [-0.2, -0.15) is 0 Å². The van der Waals surface area contributed by atoms with Crippen molar-refractivity contribution in [3.63, 3.8) is 0 Å². The molecule has 2 atom stereocenters. The van der Waals surface area contributed by atoms with Crippen LogP contribution in [0.5, 0.6) is 0 Å². The number of hydrogen-bond acceptors (Lipinski definition) is 2. The predicted octanol–water partition coefficient (Wildman–Crippen LogP) is 2.82. The van der Waals surface area contributed by atoms with Crippen molar-refractivity contribution in [2.24, 2.45) is 5.92 Å². The topological polar surface area (TPSA) is 49.0 Å². The molecule has 2 heterocycles. The number of piperidine rings is 1. The zero-order chi connectivity index (χ0) is 13.4. The van der Waals surface area contributed by atoms with Gasteiger partial charge < -0.3 is 9.88 Å². The smallest absolute Gasteiger partial charge is 0.254 e. The molecule has 0 aliphatic carbocycles. The summed E-state index contributed by atoms with van der Waals surface area (Å²) in [7, 11) is 0. The van der Waals surface area contributed by atoms with E-state index in [0.717, 1.165) is 29.6 Å². The molecule has 1 fully saturated rings. The van der Waals surface area contributed by atoms with E-state index in [1.807, 2.05) is 23.1 Å². The van der Waals surface area contributed by atoms with Crippen LogP contribution in [0.4, 0.5) is 0 Å². The van der Waals surface area contributed by atoms with Gasteiger partial charge in [0.2, 0.25) is 0 Å². The monoisotopic (exact) mass is 257 g/mol. The van der Waals surface area contributed by atoms with Crippen LogP contribution in [0.2, 0.25) is 0 Å². The number of rotatable bonds is 1. The molecular weight excluding hydrogens is 238 g/mol. The van der Waals surface area contributed by atoms with Gasteiger partial charge in [0.05, 0.1) is 17.4 Å². The van der Waals surface area contributed by atoms with Crippen LogP contribution in [0.25, 0.3) is 11.0 Å². The third kappa shape index (κ3) is 2.11. The van der Waals surface area contributed by atoms with Crippen molar-refractivity contribution in [1.29, 1.82) is 0 Å². The molecule has 1 aliphatic heterocycles. The number of carbonyl (C=O) groups is 1. The Kier molecular flexibility index (Phi) is 3.01. The molecule has 0 saturated carbocycles. The van der Waals surface area contributed by atoms with Gasteiger partial charge in [-0.3, -0.25) is 4.79 Å². The SMILES string of the molecule is CC1CCCN(C(=O)c2ccc3nc[nH]c3c2)C1C. The van der Waals surface area contributed by atoms with Crippen LogP contribution in [0.3, 0.4) is 0 Å². The van der Waals surface area contributed by atoms with E-state index in [-0.39, 0.29) is 5.91 Å². The van der Waals surface area contributed by atoms with Crippen molar-refractivity contribution < 1.29 is 4.79 Å². The van der Waals surface area contributed by atoms with Gasteiger partial charge in [-0.25, -0.2) is 4.98 Å². The quantitative estimate of drug-likeness (QED) is 0.854. The minimum Gasteiger partial charge on any atom is -0.345 e. The van der Waals surface area contributed by atoms with Crippen LogP contribution in [-0.4, -0.2) is 33.4 Å². The second-order valence-corrected chi connectivity index (χ2v) is 5.49. The molecule has 1 aliphatic rings. The lowest BCUT2D eigenvalue weighted by Crippen LogP contribution is -2.46. The Morgan fingerprint density at radius 2 is 2.26 bits per heavy atom. The molecule has 0 spiro atoms. The van der Waals surface area contributed by atoms with Gasteiger partial charge in [-0.05, 0) is 43.9 Å². The summed E-state index contributed by atoms with van der Waals surface area (Å²) >= 11 is 0. The minimum absolute atomic E-state index is 0.135. The molecule has 100 valence electrons. The summed E-state index contributed by atoms with van der Waals surface area (Å²) in [4.78, 5) is 21.9. The van der Waals surface area contributed by atoms with Crippen LogP contribution < -0.4 is 0 Å². The molecule has 4 nitrogen and oxygen atoms in total. The fourth-order valence-corrected chi connectivity index (χ4v) is 2.86. The predicted molar refractivity (Wildman–Crippen MR) is 75.0 cm³/mol. The number of nitrogens with zero attached hydrogens (tertiary/aromatic N) is 2. The van der Waals surface area contributed by atoms with E-state index in [2.05, 4.69) is 23.8 Å². The van der Waals surface area contributed by atoms with Crippen LogP contribution >= 0.6 is 0 Å². The second kappa shape index (κ2) is 4.68. The highest BCUT2D eigenvalue weighted by atomic mass is 16.2. The largest absolute Gasteiger partial charge is 0.345 e. The third-order valence-corrected chi connectivity index (χ3v) is 4.30. The van der Waals surface area contributed by atoms with Crippen LogP contribution in [-0.2, 0) is 0 Å². The summed E-state index contributed by atoms with van der Waals surface area (Å²) in [5, 5.41) is 0. The molecule has 1 saturated heterocycles. The van der Waals surface area contributed by atoms with E-state index in [4.69, 9.17) is 0 Å². The minimum atomic E-state index is 0.135. The number of likely N-dealkylation sites (tertiary alicyclic amines) is 1. The highest BCUT2D eigenvalue weighted by Gasteiger charge is 2.28. The maximum Gasteiger partial charge on any atom is 0.254 e. The van der Waals surface area contributed by atoms with Gasteiger partial charge in [-0.1, -0.05) is 6.92 Å². The molecule has 1 aromatic carbocycles. The standard InChI is InChI=1S/C15H19N3O/c1-10-4-3-7-18(11(10)2)15(19)12-5-6-13-14(8-12)17-9-16-13/h5-6,8-11H,3-4,7H2,1-2H3,(H,16,17). The Hall–Kier alpha value is -1.84. The van der Waals surface area contributed by atoms with Crippen molar-refractivity contribution in [3.8, 4) is 0 Å². The molecule has 1 amide bonds. The van der Waals surface area contributed by atoms with Crippen molar-refractivity contribution in [3.05, 3.63) is 30.1 Å². The summed E-state index contributed by atoms with van der Waals surface area (Å²) in [6.07, 6.45) is 3.97. The first-order chi connectivity index (χ1) is 9.16. The molecule has 1 N–H and O–H groups in total. The van der Waals surface area contributed by atoms with Crippen molar-refractivity contribution in [2.45, 2.75) is 32.7 Å². The van der Waals surface area contributed by atoms with Gasteiger partial charge in [-0.15, -0.1) is 0 Å². The molecule has 3 rings (SSSR count). The van der Waals surface area contributed by atoms with E-state index in [9.17, 15) is 4.79 Å². The first-order valence-corrected chi connectivity index (χ1v) is 6.91. The fraction of sp³-hybridized carbons (Fsp3) is 0.467. The first-order valence-electron chi connectivity index (χ1n) is 6.91. The molecule has 0 bridgehead atoms. The van der Waals surface area contributed by atoms with Crippen molar-refractivity contribution in [1.82, 2.24) is 14.9 Å². The normalized spacial score (nSPS) is 23.8. The van der Waals surface area contributed by atoms with Crippen LogP contribution in [0.1, 0.15) is 37.0 Å². The highest BCUT2D eigenvalue weighted by Crippen LogP contribution is 2.25. The number of carbonyl (C=O) groups excluding carboxylic acids is 1. The number of aromatic nitrogens is 2. The van der Waals surface area contributed by atoms with Gasteiger partial charge in [0.1, 0.15) is 0 Å². The van der Waals surface area contributed by atoms with E-state index in [1.54, 1.807) is 6.33 Å². The number of hydrogen-bond donors (Lipinski definition) is 1. The average molecular weight is 257 g/mol. The van der Waals surface area contributed by atoms with Crippen LogP contribution in [0.15, 0.2) is 24.5 Å². The first kappa shape index (κ1) is 12.2. The summed E-state index contributed by atoms with van der Waals surface area (Å²) in [5.41, 5.74) is 2.57. The number of H-pyrrole nitrogens is 1. The zero-order valence-electron chi connectivity index (χ0n) is 11.4. The second-order valence-electron chi connectivity index (χ2n) is 5.49. The molecule has 0 radical (unpaired) electrons. The number of fused-ring (bicyclic) bond motifs is 1. The van der Waals surface area contributed by atoms with E-state index in [1.165, 1.54) is 6.42 Å². The summed E-state index contributed by atoms with van der Waals surface area (Å²) in [6, 6.07) is 5.99. The summed E-state index contributed by atoms with van der Waals surface area (Å²) in [5.74, 6) is 0.712. The summed E-state index contributed by atoms with van der Waals surface area (Å²) in [6.45, 7) is 5.24. The highest BCUT2D eigenvalue weighted by molar-refractivity contribution is 5.97. The Labute approximate surface area is 112 Å². The summed E-state index contributed by atoms with van der Waals surface area (Å²) < 4.78 is 0. The molecule has 19 heavy (non-hydrogen) atoms. The third-order valence-electron chi connectivity index (χ3n) is 4.30. The molecule has 2 unspecified atom stereocenters. The number of aromatic amines is 1. The Morgan fingerprint density at radius 1 is 1.42 bits per heavy atom. The van der Waals surface area contributed by atoms with Gasteiger partial charge in [0.15, 0.2) is 0 Å². The van der Waals surface area contributed by atoms with Gasteiger partial charge >= 0.3 is 0 Å². The fourth-order valence-electron chi connectivity index (χ4n) is 2.86. The van der Waals surface area contributed by atoms with Crippen molar-refractivity contribution in [2.75, 3.05) is 6.54 Å². The Bertz CT molecular complexity index is 604. The van der Waals surface area contributed by atoms with Crippen molar-refractivity contribution >= 4 is 16.9 Å². The van der Waals surface area contributed by atoms with Gasteiger partial charge in [0, 0.05) is 18.2 Å². The van der Waals surface area contributed by atoms with E-state index >= 15 is 0 Å². The van der Waals surface area contributed by atoms with E-state index in [0.29, 0.717) is 12.0 Å². The molecule has 1 aromatic heterocycles. The number of imidazole rings is 1. The molecular formula is C15H19N3O.